The van der Waals surface area contributed by atoms with E-state index in [9.17, 15) is 5.11 Å². The molecule has 0 aliphatic heterocycles. The van der Waals surface area contributed by atoms with E-state index in [4.69, 9.17) is 0 Å². The molecule has 1 unspecified atom stereocenters. The van der Waals surface area contributed by atoms with E-state index in [0.717, 1.165) is 22.0 Å². The Kier molecular flexibility index (Phi) is 3.31. The fraction of sp³-hybridized carbons (Fsp3) is 0.333. The number of nitrogens with zero attached hydrogens (tertiary/aromatic N) is 2. The van der Waals surface area contributed by atoms with Gasteiger partial charge in [0.15, 0.2) is 0 Å². The summed E-state index contributed by atoms with van der Waals surface area (Å²) >= 11 is 1.57. The van der Waals surface area contributed by atoms with Crippen molar-refractivity contribution >= 4 is 11.3 Å². The quantitative estimate of drug-likeness (QED) is 0.887. The molecular weight excluding hydrogens is 220 g/mol. The highest BCUT2D eigenvalue weighted by molar-refractivity contribution is 7.09. The van der Waals surface area contributed by atoms with Gasteiger partial charge in [-0.1, -0.05) is 0 Å². The van der Waals surface area contributed by atoms with Crippen molar-refractivity contribution in [1.29, 1.82) is 0 Å². The van der Waals surface area contributed by atoms with Crippen LogP contribution in [0.1, 0.15) is 28.1 Å². The van der Waals surface area contributed by atoms with Crippen LogP contribution in [0.2, 0.25) is 0 Å². The lowest BCUT2D eigenvalue weighted by Gasteiger charge is -2.10. The molecule has 84 valence electrons. The van der Waals surface area contributed by atoms with Crippen LogP contribution in [0.3, 0.4) is 0 Å². The van der Waals surface area contributed by atoms with E-state index in [2.05, 4.69) is 9.97 Å². The zero-order chi connectivity index (χ0) is 11.5. The molecule has 0 spiro atoms. The fourth-order valence-corrected chi connectivity index (χ4v) is 2.35. The molecule has 16 heavy (non-hydrogen) atoms. The number of hydrogen-bond acceptors (Lipinski definition) is 4. The first-order chi connectivity index (χ1) is 7.65. The number of aryl methyl sites for hydroxylation is 2. The van der Waals surface area contributed by atoms with Crippen molar-refractivity contribution in [3.05, 3.63) is 45.7 Å². The maximum atomic E-state index is 10.1. The second-order valence-electron chi connectivity index (χ2n) is 3.83. The van der Waals surface area contributed by atoms with Crippen LogP contribution in [-0.2, 0) is 6.42 Å². The van der Waals surface area contributed by atoms with Gasteiger partial charge in [0.1, 0.15) is 0 Å². The van der Waals surface area contributed by atoms with E-state index >= 15 is 0 Å². The molecular formula is C12H14N2OS. The van der Waals surface area contributed by atoms with Crippen molar-refractivity contribution in [2.24, 2.45) is 0 Å². The topological polar surface area (TPSA) is 46.0 Å². The maximum absolute atomic E-state index is 10.1. The van der Waals surface area contributed by atoms with Crippen LogP contribution < -0.4 is 0 Å². The molecule has 0 bridgehead atoms. The first kappa shape index (κ1) is 11.2. The molecule has 2 aromatic heterocycles. The van der Waals surface area contributed by atoms with Gasteiger partial charge >= 0.3 is 0 Å². The van der Waals surface area contributed by atoms with Crippen molar-refractivity contribution in [2.45, 2.75) is 26.4 Å². The van der Waals surface area contributed by atoms with E-state index in [1.54, 1.807) is 17.5 Å². The summed E-state index contributed by atoms with van der Waals surface area (Å²) in [6.07, 6.45) is 1.84. The van der Waals surface area contributed by atoms with Gasteiger partial charge in [0.05, 0.1) is 11.1 Å². The molecule has 0 aliphatic rings. The lowest BCUT2D eigenvalue weighted by molar-refractivity contribution is 0.178. The Balaban J connectivity index is 2.17. The molecule has 0 saturated heterocycles. The number of aliphatic hydroxyl groups excluding tert-OH is 1. The first-order valence-corrected chi connectivity index (χ1v) is 6.05. The van der Waals surface area contributed by atoms with E-state index in [0.29, 0.717) is 6.42 Å². The largest absolute Gasteiger partial charge is 0.388 e. The molecule has 1 atom stereocenters. The Morgan fingerprint density at radius 3 is 2.56 bits per heavy atom. The molecule has 0 saturated carbocycles. The molecule has 2 rings (SSSR count). The smallest absolute Gasteiger partial charge is 0.0954 e. The number of aliphatic hydroxyl groups is 1. The Hall–Kier alpha value is -1.26. The van der Waals surface area contributed by atoms with Crippen LogP contribution in [0.5, 0.6) is 0 Å². The molecule has 2 heterocycles. The molecule has 0 radical (unpaired) electrons. The average molecular weight is 234 g/mol. The van der Waals surface area contributed by atoms with Crippen molar-refractivity contribution in [2.75, 3.05) is 0 Å². The molecule has 3 nitrogen and oxygen atoms in total. The molecule has 0 fully saturated rings. The van der Waals surface area contributed by atoms with Gasteiger partial charge in [-0.05, 0) is 31.5 Å². The van der Waals surface area contributed by atoms with Crippen LogP contribution in [0.4, 0.5) is 0 Å². The highest BCUT2D eigenvalue weighted by Crippen LogP contribution is 2.20. The Morgan fingerprint density at radius 2 is 2.00 bits per heavy atom. The van der Waals surface area contributed by atoms with E-state index in [1.165, 1.54) is 0 Å². The highest BCUT2D eigenvalue weighted by atomic mass is 32.1. The van der Waals surface area contributed by atoms with Gasteiger partial charge in [0, 0.05) is 29.4 Å². The van der Waals surface area contributed by atoms with Crippen LogP contribution in [0.25, 0.3) is 0 Å². The summed E-state index contributed by atoms with van der Waals surface area (Å²) in [6.45, 7) is 3.87. The molecule has 2 aromatic rings. The van der Waals surface area contributed by atoms with E-state index < -0.39 is 6.10 Å². The summed E-state index contributed by atoms with van der Waals surface area (Å²) in [5.41, 5.74) is 2.79. The minimum absolute atomic E-state index is 0.494. The molecule has 1 N–H and O–H groups in total. The van der Waals surface area contributed by atoms with Crippen molar-refractivity contribution in [1.82, 2.24) is 9.97 Å². The monoisotopic (exact) mass is 234 g/mol. The second kappa shape index (κ2) is 4.72. The van der Waals surface area contributed by atoms with Gasteiger partial charge in [-0.2, -0.15) is 0 Å². The first-order valence-electron chi connectivity index (χ1n) is 5.17. The SMILES string of the molecule is Cc1cc(C(O)Cc2nccs2)cc(C)n1. The van der Waals surface area contributed by atoms with Gasteiger partial charge in [-0.25, -0.2) is 4.98 Å². The summed E-state index contributed by atoms with van der Waals surface area (Å²) in [5, 5.41) is 13.0. The predicted molar refractivity (Wildman–Crippen MR) is 64.5 cm³/mol. The summed E-state index contributed by atoms with van der Waals surface area (Å²) in [4.78, 5) is 8.46. The van der Waals surface area contributed by atoms with Crippen LogP contribution in [0, 0.1) is 13.8 Å². The third kappa shape index (κ3) is 2.65. The number of pyridine rings is 1. The number of thiazole rings is 1. The van der Waals surface area contributed by atoms with Gasteiger partial charge in [0.25, 0.3) is 0 Å². The summed E-state index contributed by atoms with van der Waals surface area (Å²) < 4.78 is 0. The van der Waals surface area contributed by atoms with Crippen molar-refractivity contribution in [3.63, 3.8) is 0 Å². The van der Waals surface area contributed by atoms with Gasteiger partial charge < -0.3 is 5.11 Å². The van der Waals surface area contributed by atoms with Gasteiger partial charge in [-0.15, -0.1) is 11.3 Å². The Morgan fingerprint density at radius 1 is 1.31 bits per heavy atom. The maximum Gasteiger partial charge on any atom is 0.0954 e. The van der Waals surface area contributed by atoms with E-state index in [-0.39, 0.29) is 0 Å². The summed E-state index contributed by atoms with van der Waals surface area (Å²) in [6, 6.07) is 3.84. The fourth-order valence-electron chi connectivity index (χ4n) is 1.70. The minimum atomic E-state index is -0.494. The number of aromatic nitrogens is 2. The van der Waals surface area contributed by atoms with Crippen LogP contribution in [-0.4, -0.2) is 15.1 Å². The third-order valence-corrected chi connectivity index (χ3v) is 3.14. The van der Waals surface area contributed by atoms with Crippen LogP contribution >= 0.6 is 11.3 Å². The van der Waals surface area contributed by atoms with Crippen LogP contribution in [0.15, 0.2) is 23.7 Å². The zero-order valence-corrected chi connectivity index (χ0v) is 10.2. The van der Waals surface area contributed by atoms with E-state index in [1.807, 2.05) is 31.4 Å². The zero-order valence-electron chi connectivity index (χ0n) is 9.34. The lowest BCUT2D eigenvalue weighted by atomic mass is 10.1. The summed E-state index contributed by atoms with van der Waals surface area (Å²) in [5.74, 6) is 0. The number of rotatable bonds is 3. The Bertz CT molecular complexity index is 448. The van der Waals surface area contributed by atoms with Crippen molar-refractivity contribution < 1.29 is 5.11 Å². The summed E-state index contributed by atoms with van der Waals surface area (Å²) in [7, 11) is 0. The minimum Gasteiger partial charge on any atom is -0.388 e. The second-order valence-corrected chi connectivity index (χ2v) is 4.81. The van der Waals surface area contributed by atoms with Gasteiger partial charge in [0.2, 0.25) is 0 Å². The molecule has 0 aliphatic carbocycles. The average Bonchev–Trinajstić information content (AvgIpc) is 2.68. The molecule has 0 aromatic carbocycles. The predicted octanol–water partition coefficient (Wildman–Crippen LogP) is 2.43. The number of hydrogen-bond donors (Lipinski definition) is 1. The third-order valence-electron chi connectivity index (χ3n) is 2.34. The standard InChI is InChI=1S/C12H14N2OS/c1-8-5-10(6-9(2)14-8)11(15)7-12-13-3-4-16-12/h3-6,11,15H,7H2,1-2H3. The molecule has 0 amide bonds. The Labute approximate surface area is 98.8 Å². The lowest BCUT2D eigenvalue weighted by Crippen LogP contribution is -2.03. The normalized spacial score (nSPS) is 12.7. The van der Waals surface area contributed by atoms with Crippen molar-refractivity contribution in [3.8, 4) is 0 Å². The highest BCUT2D eigenvalue weighted by Gasteiger charge is 2.11. The van der Waals surface area contributed by atoms with Gasteiger partial charge in [-0.3, -0.25) is 4.98 Å². The molecule has 4 heteroatoms.